The summed E-state index contributed by atoms with van der Waals surface area (Å²) in [5.41, 5.74) is 1.08. The van der Waals surface area contributed by atoms with Gasteiger partial charge in [0.15, 0.2) is 0 Å². The van der Waals surface area contributed by atoms with Crippen LogP contribution in [0.25, 0.3) is 0 Å². The molecule has 1 aromatic rings. The zero-order valence-corrected chi connectivity index (χ0v) is 9.19. The highest BCUT2D eigenvalue weighted by atomic mass is 16.5. The van der Waals surface area contributed by atoms with Gasteiger partial charge in [-0.1, -0.05) is 30.3 Å². The van der Waals surface area contributed by atoms with Crippen molar-refractivity contribution >= 4 is 5.91 Å². The van der Waals surface area contributed by atoms with Gasteiger partial charge in [0, 0.05) is 6.04 Å². The monoisotopic (exact) mass is 207 g/mol. The van der Waals surface area contributed by atoms with Crippen LogP contribution < -0.4 is 5.32 Å². The van der Waals surface area contributed by atoms with Gasteiger partial charge in [-0.15, -0.1) is 0 Å². The maximum atomic E-state index is 11.2. The standard InChI is InChI=1S/C12H17NO2/c1-10(2)13-12(14)9-15-8-11-6-4-3-5-7-11/h3-7,10H,8-9H2,1-2H3,(H,13,14). The molecule has 1 amide bonds. The number of hydrogen-bond acceptors (Lipinski definition) is 2. The molecule has 0 heterocycles. The molecule has 0 aliphatic rings. The van der Waals surface area contributed by atoms with Crippen molar-refractivity contribution in [3.05, 3.63) is 35.9 Å². The van der Waals surface area contributed by atoms with E-state index in [2.05, 4.69) is 5.32 Å². The summed E-state index contributed by atoms with van der Waals surface area (Å²) in [5, 5.41) is 2.77. The number of ether oxygens (including phenoxy) is 1. The summed E-state index contributed by atoms with van der Waals surface area (Å²) < 4.78 is 5.27. The first-order chi connectivity index (χ1) is 7.18. The minimum absolute atomic E-state index is 0.0686. The van der Waals surface area contributed by atoms with Gasteiger partial charge in [-0.3, -0.25) is 4.79 Å². The minimum Gasteiger partial charge on any atom is -0.367 e. The topological polar surface area (TPSA) is 38.3 Å². The maximum absolute atomic E-state index is 11.2. The fraction of sp³-hybridized carbons (Fsp3) is 0.417. The molecule has 0 aromatic heterocycles. The average molecular weight is 207 g/mol. The van der Waals surface area contributed by atoms with Crippen LogP contribution in [0.5, 0.6) is 0 Å². The second kappa shape index (κ2) is 6.19. The van der Waals surface area contributed by atoms with E-state index in [1.807, 2.05) is 44.2 Å². The van der Waals surface area contributed by atoms with Crippen LogP contribution in [-0.2, 0) is 16.1 Å². The predicted molar refractivity (Wildman–Crippen MR) is 59.4 cm³/mol. The van der Waals surface area contributed by atoms with E-state index >= 15 is 0 Å². The maximum Gasteiger partial charge on any atom is 0.246 e. The van der Waals surface area contributed by atoms with E-state index in [1.165, 1.54) is 0 Å². The lowest BCUT2D eigenvalue weighted by Gasteiger charge is -2.08. The van der Waals surface area contributed by atoms with Crippen molar-refractivity contribution in [3.63, 3.8) is 0 Å². The van der Waals surface area contributed by atoms with Crippen LogP contribution in [0.1, 0.15) is 19.4 Å². The lowest BCUT2D eigenvalue weighted by Crippen LogP contribution is -2.33. The Kier molecular flexibility index (Phi) is 4.84. The third kappa shape index (κ3) is 5.18. The lowest BCUT2D eigenvalue weighted by atomic mass is 10.2. The molecule has 0 spiro atoms. The predicted octanol–water partition coefficient (Wildman–Crippen LogP) is 1.73. The SMILES string of the molecule is CC(C)NC(=O)COCc1ccccc1. The number of nitrogens with one attached hydrogen (secondary N) is 1. The van der Waals surface area contributed by atoms with Crippen LogP contribution in [0.15, 0.2) is 30.3 Å². The van der Waals surface area contributed by atoms with Gasteiger partial charge in [-0.2, -0.15) is 0 Å². The second-order valence-electron chi connectivity index (χ2n) is 3.70. The van der Waals surface area contributed by atoms with Gasteiger partial charge in [0.2, 0.25) is 5.91 Å². The Bertz CT molecular complexity index is 296. The molecule has 82 valence electrons. The largest absolute Gasteiger partial charge is 0.367 e. The first kappa shape index (κ1) is 11.7. The van der Waals surface area contributed by atoms with Gasteiger partial charge >= 0.3 is 0 Å². The lowest BCUT2D eigenvalue weighted by molar-refractivity contribution is -0.126. The molecule has 1 N–H and O–H groups in total. The molecule has 15 heavy (non-hydrogen) atoms. The van der Waals surface area contributed by atoms with Crippen molar-refractivity contribution in [2.75, 3.05) is 6.61 Å². The molecule has 0 bridgehead atoms. The van der Waals surface area contributed by atoms with Crippen LogP contribution in [-0.4, -0.2) is 18.6 Å². The van der Waals surface area contributed by atoms with E-state index in [4.69, 9.17) is 4.74 Å². The van der Waals surface area contributed by atoms with E-state index in [1.54, 1.807) is 0 Å². The molecule has 0 unspecified atom stereocenters. The molecule has 1 rings (SSSR count). The number of hydrogen-bond donors (Lipinski definition) is 1. The number of carbonyl (C=O) groups excluding carboxylic acids is 1. The number of carbonyl (C=O) groups is 1. The van der Waals surface area contributed by atoms with Crippen molar-refractivity contribution < 1.29 is 9.53 Å². The van der Waals surface area contributed by atoms with E-state index in [9.17, 15) is 4.79 Å². The Hall–Kier alpha value is -1.35. The van der Waals surface area contributed by atoms with Crippen LogP contribution in [0.3, 0.4) is 0 Å². The zero-order valence-electron chi connectivity index (χ0n) is 9.19. The van der Waals surface area contributed by atoms with E-state index < -0.39 is 0 Å². The molecule has 0 aliphatic carbocycles. The van der Waals surface area contributed by atoms with Crippen molar-refractivity contribution in [2.24, 2.45) is 0 Å². The van der Waals surface area contributed by atoms with Gasteiger partial charge in [-0.05, 0) is 19.4 Å². The summed E-state index contributed by atoms with van der Waals surface area (Å²) in [6, 6.07) is 9.97. The van der Waals surface area contributed by atoms with Crippen molar-refractivity contribution in [1.29, 1.82) is 0 Å². The number of rotatable bonds is 5. The quantitative estimate of drug-likeness (QED) is 0.798. The van der Waals surface area contributed by atoms with Crippen molar-refractivity contribution in [3.8, 4) is 0 Å². The molecule has 1 aromatic carbocycles. The Morgan fingerprint density at radius 3 is 2.60 bits per heavy atom. The molecule has 3 nitrogen and oxygen atoms in total. The van der Waals surface area contributed by atoms with Crippen LogP contribution >= 0.6 is 0 Å². The van der Waals surface area contributed by atoms with E-state index in [-0.39, 0.29) is 18.6 Å². The third-order valence-corrected chi connectivity index (χ3v) is 1.79. The fourth-order valence-electron chi connectivity index (χ4n) is 1.20. The third-order valence-electron chi connectivity index (χ3n) is 1.79. The van der Waals surface area contributed by atoms with Gasteiger partial charge in [0.05, 0.1) is 6.61 Å². The van der Waals surface area contributed by atoms with Crippen LogP contribution in [0, 0.1) is 0 Å². The molecule has 0 fully saturated rings. The normalized spacial score (nSPS) is 10.3. The summed E-state index contributed by atoms with van der Waals surface area (Å²) in [7, 11) is 0. The minimum atomic E-state index is -0.0686. The summed E-state index contributed by atoms with van der Waals surface area (Å²) in [6.07, 6.45) is 0. The zero-order chi connectivity index (χ0) is 11.1. The second-order valence-corrected chi connectivity index (χ2v) is 3.70. The molecule has 0 aliphatic heterocycles. The molecular formula is C12H17NO2. The van der Waals surface area contributed by atoms with Gasteiger partial charge in [0.25, 0.3) is 0 Å². The highest BCUT2D eigenvalue weighted by molar-refractivity contribution is 5.77. The molecule has 0 saturated heterocycles. The summed E-state index contributed by atoms with van der Waals surface area (Å²) in [6.45, 7) is 4.45. The Balaban J connectivity index is 2.19. The van der Waals surface area contributed by atoms with Gasteiger partial charge < -0.3 is 10.1 Å². The van der Waals surface area contributed by atoms with Crippen LogP contribution in [0.2, 0.25) is 0 Å². The van der Waals surface area contributed by atoms with Gasteiger partial charge in [-0.25, -0.2) is 0 Å². The van der Waals surface area contributed by atoms with E-state index in [0.717, 1.165) is 5.56 Å². The smallest absolute Gasteiger partial charge is 0.246 e. The molecule has 3 heteroatoms. The Morgan fingerprint density at radius 1 is 1.33 bits per heavy atom. The first-order valence-corrected chi connectivity index (χ1v) is 5.09. The molecule has 0 radical (unpaired) electrons. The highest BCUT2D eigenvalue weighted by Crippen LogP contribution is 1.99. The average Bonchev–Trinajstić information content (AvgIpc) is 2.18. The van der Waals surface area contributed by atoms with Gasteiger partial charge in [0.1, 0.15) is 6.61 Å². The van der Waals surface area contributed by atoms with Crippen molar-refractivity contribution in [1.82, 2.24) is 5.32 Å². The first-order valence-electron chi connectivity index (χ1n) is 5.09. The summed E-state index contributed by atoms with van der Waals surface area (Å²) in [4.78, 5) is 11.2. The Morgan fingerprint density at radius 2 is 2.00 bits per heavy atom. The number of benzene rings is 1. The summed E-state index contributed by atoms with van der Waals surface area (Å²) in [5.74, 6) is -0.0686. The fourth-order valence-corrected chi connectivity index (χ4v) is 1.20. The summed E-state index contributed by atoms with van der Waals surface area (Å²) >= 11 is 0. The number of amides is 1. The molecular weight excluding hydrogens is 190 g/mol. The molecule has 0 atom stereocenters. The highest BCUT2D eigenvalue weighted by Gasteiger charge is 2.02. The Labute approximate surface area is 90.4 Å². The van der Waals surface area contributed by atoms with Crippen molar-refractivity contribution in [2.45, 2.75) is 26.5 Å². The van der Waals surface area contributed by atoms with Crippen LogP contribution in [0.4, 0.5) is 0 Å². The van der Waals surface area contributed by atoms with E-state index in [0.29, 0.717) is 6.61 Å². The molecule has 0 saturated carbocycles.